The number of hydrogen-bond acceptors (Lipinski definition) is 9. The van der Waals surface area contributed by atoms with Gasteiger partial charge in [0.15, 0.2) is 0 Å². The van der Waals surface area contributed by atoms with Crippen LogP contribution in [0.4, 0.5) is 11.8 Å². The normalized spacial score (nSPS) is 32.2. The number of thioether (sulfide) groups is 1. The maximum absolute atomic E-state index is 9.87. The summed E-state index contributed by atoms with van der Waals surface area (Å²) in [7, 11) is 0. The molecule has 0 aliphatic heterocycles. The number of nitrogens with zero attached hydrogens (tertiary/aromatic N) is 4. The first-order valence-corrected chi connectivity index (χ1v) is 16.5. The first kappa shape index (κ1) is 28.7. The van der Waals surface area contributed by atoms with Crippen LogP contribution < -0.4 is 16.0 Å². The highest BCUT2D eigenvalue weighted by Crippen LogP contribution is 2.60. The standard InChI is InChI=1S/C32H45N7OS/c1-20(2)41-30-23(4-3-9-34-30)17-36-31-37-18-26(15-33)29(39-31)38-19-32-12-22-10-24(13-32)28(25(11-22)14-32)35-16-21-5-7-27(40)8-6-21/h3-4,9,18,20-22,24-25,27-28,35,40H,5-8,10-14,16-17,19H2,1-2H3,(H2,36,37,38,39)/t21-,22?,24-,25+,27-,28-,32-. The summed E-state index contributed by atoms with van der Waals surface area (Å²) in [6, 6.07) is 6.97. The predicted molar refractivity (Wildman–Crippen MR) is 164 cm³/mol. The molecule has 220 valence electrons. The molecular formula is C32H45N7OS. The molecule has 2 aromatic heterocycles. The van der Waals surface area contributed by atoms with Gasteiger partial charge in [0.25, 0.3) is 0 Å². The van der Waals surface area contributed by atoms with Gasteiger partial charge < -0.3 is 21.1 Å². The first-order valence-electron chi connectivity index (χ1n) is 15.7. The average Bonchev–Trinajstić information content (AvgIpc) is 2.96. The van der Waals surface area contributed by atoms with Crippen LogP contribution in [-0.4, -0.2) is 50.5 Å². The highest BCUT2D eigenvalue weighted by atomic mass is 32.2. The van der Waals surface area contributed by atoms with Crippen molar-refractivity contribution in [1.29, 1.82) is 5.26 Å². The Morgan fingerprint density at radius 1 is 1.10 bits per heavy atom. The van der Waals surface area contributed by atoms with Crippen LogP contribution in [0, 0.1) is 40.4 Å². The van der Waals surface area contributed by atoms with Crippen LogP contribution in [0.25, 0.3) is 0 Å². The lowest BCUT2D eigenvalue weighted by Crippen LogP contribution is -2.60. The third-order valence-corrected chi connectivity index (χ3v) is 11.1. The maximum atomic E-state index is 9.87. The second-order valence-corrected chi connectivity index (χ2v) is 15.1. The van der Waals surface area contributed by atoms with Crippen molar-refractivity contribution < 1.29 is 5.11 Å². The lowest BCUT2D eigenvalue weighted by Gasteiger charge is -2.60. The van der Waals surface area contributed by atoms with E-state index in [4.69, 9.17) is 4.98 Å². The Balaban J connectivity index is 1.08. The van der Waals surface area contributed by atoms with E-state index in [2.05, 4.69) is 51.9 Å². The second kappa shape index (κ2) is 12.4. The molecule has 0 amide bonds. The van der Waals surface area contributed by atoms with Crippen molar-refractivity contribution in [1.82, 2.24) is 20.3 Å². The summed E-state index contributed by atoms with van der Waals surface area (Å²) in [5.74, 6) is 4.20. The van der Waals surface area contributed by atoms with Gasteiger partial charge in [-0.3, -0.25) is 0 Å². The molecule has 0 aromatic carbocycles. The Labute approximate surface area is 248 Å². The minimum absolute atomic E-state index is 0.0779. The summed E-state index contributed by atoms with van der Waals surface area (Å²) < 4.78 is 0. The molecule has 4 bridgehead atoms. The zero-order valence-electron chi connectivity index (χ0n) is 24.5. The van der Waals surface area contributed by atoms with Crippen molar-refractivity contribution in [3.63, 3.8) is 0 Å². The number of anilines is 2. The molecule has 7 rings (SSSR count). The fourth-order valence-corrected chi connectivity index (χ4v) is 9.27. The molecule has 0 saturated heterocycles. The lowest BCUT2D eigenvalue weighted by atomic mass is 9.48. The van der Waals surface area contributed by atoms with Crippen molar-refractivity contribution >= 4 is 23.5 Å². The smallest absolute Gasteiger partial charge is 0.224 e. The monoisotopic (exact) mass is 575 g/mol. The Kier molecular flexibility index (Phi) is 8.71. The van der Waals surface area contributed by atoms with Crippen LogP contribution in [0.5, 0.6) is 0 Å². The molecule has 2 heterocycles. The number of nitriles is 1. The first-order chi connectivity index (χ1) is 19.9. The van der Waals surface area contributed by atoms with Crippen molar-refractivity contribution in [2.75, 3.05) is 23.7 Å². The van der Waals surface area contributed by atoms with Crippen LogP contribution in [0.2, 0.25) is 0 Å². The SMILES string of the molecule is CC(C)Sc1ncccc1CNc1ncc(C#N)c(NC[C@]23CC4C[C@H](C2)[C@@H](NC[C@H]2CC[C@H](O)CC2)[C@@H](C4)C3)n1. The minimum atomic E-state index is -0.0779. The molecule has 1 unspecified atom stereocenters. The van der Waals surface area contributed by atoms with Gasteiger partial charge >= 0.3 is 0 Å². The zero-order valence-corrected chi connectivity index (χ0v) is 25.3. The van der Waals surface area contributed by atoms with Crippen LogP contribution in [0.3, 0.4) is 0 Å². The summed E-state index contributed by atoms with van der Waals surface area (Å²) >= 11 is 1.75. The van der Waals surface area contributed by atoms with E-state index < -0.39 is 0 Å². The zero-order chi connectivity index (χ0) is 28.4. The maximum Gasteiger partial charge on any atom is 0.224 e. The number of aliphatic hydroxyl groups excluding tert-OH is 1. The summed E-state index contributed by atoms with van der Waals surface area (Å²) in [4.78, 5) is 13.7. The van der Waals surface area contributed by atoms with Gasteiger partial charge in [-0.15, -0.1) is 11.8 Å². The average molecular weight is 576 g/mol. The Morgan fingerprint density at radius 3 is 2.61 bits per heavy atom. The van der Waals surface area contributed by atoms with Crippen LogP contribution >= 0.6 is 11.8 Å². The molecule has 9 heteroatoms. The molecule has 5 fully saturated rings. The van der Waals surface area contributed by atoms with E-state index in [1.807, 2.05) is 12.3 Å². The molecule has 4 N–H and O–H groups in total. The van der Waals surface area contributed by atoms with Gasteiger partial charge in [-0.2, -0.15) is 10.2 Å². The second-order valence-electron chi connectivity index (χ2n) is 13.5. The van der Waals surface area contributed by atoms with E-state index in [1.165, 1.54) is 32.1 Å². The molecule has 5 aliphatic carbocycles. The molecule has 5 saturated carbocycles. The topological polar surface area (TPSA) is 119 Å². The summed E-state index contributed by atoms with van der Waals surface area (Å²) in [5.41, 5.74) is 1.90. The number of rotatable bonds is 11. The number of aliphatic hydroxyl groups is 1. The molecule has 41 heavy (non-hydrogen) atoms. The van der Waals surface area contributed by atoms with Gasteiger partial charge in [0, 0.05) is 36.1 Å². The largest absolute Gasteiger partial charge is 0.393 e. The number of aromatic nitrogens is 3. The van der Waals surface area contributed by atoms with E-state index in [1.54, 1.807) is 18.0 Å². The number of nitrogens with one attached hydrogen (secondary N) is 3. The van der Waals surface area contributed by atoms with Gasteiger partial charge in [-0.05, 0) is 99.5 Å². The van der Waals surface area contributed by atoms with E-state index in [0.717, 1.165) is 73.0 Å². The number of pyridine rings is 1. The van der Waals surface area contributed by atoms with Gasteiger partial charge in [-0.25, -0.2) is 9.97 Å². The van der Waals surface area contributed by atoms with Gasteiger partial charge in [-0.1, -0.05) is 19.9 Å². The highest BCUT2D eigenvalue weighted by molar-refractivity contribution is 7.99. The van der Waals surface area contributed by atoms with E-state index in [0.29, 0.717) is 35.2 Å². The summed E-state index contributed by atoms with van der Waals surface area (Å²) in [5, 5.41) is 32.2. The van der Waals surface area contributed by atoms with Gasteiger partial charge in [0.1, 0.15) is 22.5 Å². The fraction of sp³-hybridized carbons (Fsp3) is 0.688. The Hall–Kier alpha value is -2.41. The third kappa shape index (κ3) is 6.65. The van der Waals surface area contributed by atoms with Crippen LogP contribution in [-0.2, 0) is 6.54 Å². The molecule has 5 atom stereocenters. The predicted octanol–water partition coefficient (Wildman–Crippen LogP) is 5.60. The van der Waals surface area contributed by atoms with Crippen molar-refractivity contribution in [3.05, 3.63) is 35.7 Å². The molecule has 0 spiro atoms. The van der Waals surface area contributed by atoms with Crippen LogP contribution in [0.15, 0.2) is 29.6 Å². The van der Waals surface area contributed by atoms with E-state index in [-0.39, 0.29) is 11.5 Å². The molecule has 0 radical (unpaired) electrons. The quantitative estimate of drug-likeness (QED) is 0.254. The lowest BCUT2D eigenvalue weighted by molar-refractivity contribution is -0.0704. The fourth-order valence-electron chi connectivity index (χ4n) is 8.41. The molecule has 5 aliphatic rings. The molecule has 2 aromatic rings. The Morgan fingerprint density at radius 2 is 1.88 bits per heavy atom. The van der Waals surface area contributed by atoms with Gasteiger partial charge in [0.2, 0.25) is 5.95 Å². The minimum Gasteiger partial charge on any atom is -0.393 e. The summed E-state index contributed by atoms with van der Waals surface area (Å²) in [6.07, 6.45) is 14.1. The number of hydrogen-bond donors (Lipinski definition) is 4. The highest BCUT2D eigenvalue weighted by Gasteiger charge is 2.55. The van der Waals surface area contributed by atoms with E-state index >= 15 is 0 Å². The third-order valence-electron chi connectivity index (χ3n) is 10.0. The van der Waals surface area contributed by atoms with Crippen molar-refractivity contribution in [3.8, 4) is 6.07 Å². The van der Waals surface area contributed by atoms with E-state index in [9.17, 15) is 10.4 Å². The summed E-state index contributed by atoms with van der Waals surface area (Å²) in [6.45, 7) is 6.90. The molecule has 8 nitrogen and oxygen atoms in total. The van der Waals surface area contributed by atoms with Crippen molar-refractivity contribution in [2.24, 2.45) is 29.1 Å². The van der Waals surface area contributed by atoms with Crippen LogP contribution in [0.1, 0.15) is 82.8 Å². The van der Waals surface area contributed by atoms with Gasteiger partial charge in [0.05, 0.1) is 12.3 Å². The molecular weight excluding hydrogens is 530 g/mol. The van der Waals surface area contributed by atoms with Crippen molar-refractivity contribution in [2.45, 2.75) is 101 Å². The Bertz CT molecular complexity index is 1220.